The number of benzene rings is 2. The van der Waals surface area contributed by atoms with Gasteiger partial charge in [-0.1, -0.05) is 35.5 Å². The Morgan fingerprint density at radius 3 is 2.39 bits per heavy atom. The van der Waals surface area contributed by atoms with Gasteiger partial charge in [0.05, 0.1) is 5.56 Å². The van der Waals surface area contributed by atoms with Crippen molar-refractivity contribution < 1.29 is 14.1 Å². The van der Waals surface area contributed by atoms with Gasteiger partial charge < -0.3 is 19.1 Å². The Kier molecular flexibility index (Phi) is 5.72. The third-order valence-corrected chi connectivity index (χ3v) is 5.51. The molecule has 0 N–H and O–H groups in total. The molecule has 0 bridgehead atoms. The molecule has 0 spiro atoms. The van der Waals surface area contributed by atoms with Crippen molar-refractivity contribution in [1.29, 1.82) is 0 Å². The van der Waals surface area contributed by atoms with Gasteiger partial charge in [-0.15, -0.1) is 0 Å². The lowest BCUT2D eigenvalue weighted by molar-refractivity contribution is 0.0744. The van der Waals surface area contributed by atoms with E-state index in [0.29, 0.717) is 55.0 Å². The topological polar surface area (TPSA) is 84.6 Å². The molecular weight excluding hydrogens is 418 g/mol. The second-order valence-electron chi connectivity index (χ2n) is 7.73. The highest BCUT2D eigenvalue weighted by Crippen LogP contribution is 2.27. The van der Waals surface area contributed by atoms with Gasteiger partial charge in [0.1, 0.15) is 17.3 Å². The Balaban J connectivity index is 1.24. The Morgan fingerprint density at radius 1 is 0.939 bits per heavy atom. The molecule has 8 nitrogen and oxygen atoms in total. The molecule has 166 valence electrons. The van der Waals surface area contributed by atoms with Gasteiger partial charge in [0.15, 0.2) is 0 Å². The minimum absolute atomic E-state index is 0.0306. The normalized spacial score (nSPS) is 13.7. The van der Waals surface area contributed by atoms with Gasteiger partial charge in [-0.2, -0.15) is 4.98 Å². The maximum atomic E-state index is 13.2. The molecule has 8 heteroatoms. The lowest BCUT2D eigenvalue weighted by atomic mass is 10.1. The van der Waals surface area contributed by atoms with E-state index in [1.54, 1.807) is 13.1 Å². The smallest absolute Gasteiger partial charge is 0.257 e. The number of nitrogens with zero attached hydrogens (tertiary/aromatic N) is 5. The van der Waals surface area contributed by atoms with Gasteiger partial charge in [0, 0.05) is 44.9 Å². The summed E-state index contributed by atoms with van der Waals surface area (Å²) in [4.78, 5) is 26.1. The second-order valence-corrected chi connectivity index (χ2v) is 7.73. The molecule has 0 atom stereocenters. The number of rotatable bonds is 5. The quantitative estimate of drug-likeness (QED) is 0.459. The van der Waals surface area contributed by atoms with Crippen LogP contribution < -0.4 is 9.64 Å². The van der Waals surface area contributed by atoms with Crippen LogP contribution in [0.4, 0.5) is 5.82 Å². The first kappa shape index (κ1) is 20.7. The number of amides is 1. The van der Waals surface area contributed by atoms with Crippen LogP contribution >= 0.6 is 0 Å². The first-order chi connectivity index (χ1) is 16.2. The van der Waals surface area contributed by atoms with Crippen LogP contribution in [0.15, 0.2) is 77.4 Å². The van der Waals surface area contributed by atoms with Crippen molar-refractivity contribution in [2.75, 3.05) is 31.1 Å². The number of pyridine rings is 1. The fourth-order valence-corrected chi connectivity index (χ4v) is 3.78. The molecular formula is C25H23N5O3. The average molecular weight is 441 g/mol. The van der Waals surface area contributed by atoms with Crippen molar-refractivity contribution in [3.8, 4) is 22.9 Å². The Bertz CT molecular complexity index is 1230. The number of ether oxygens (including phenoxy) is 1. The number of aromatic nitrogens is 3. The van der Waals surface area contributed by atoms with Crippen LogP contribution in [0.5, 0.6) is 11.5 Å². The summed E-state index contributed by atoms with van der Waals surface area (Å²) in [5.41, 5.74) is 1.37. The Morgan fingerprint density at radius 2 is 1.70 bits per heavy atom. The summed E-state index contributed by atoms with van der Waals surface area (Å²) in [6.07, 6.45) is 1.74. The summed E-state index contributed by atoms with van der Waals surface area (Å²) >= 11 is 0. The van der Waals surface area contributed by atoms with Crippen LogP contribution in [0.3, 0.4) is 0 Å². The van der Waals surface area contributed by atoms with Crippen molar-refractivity contribution in [3.05, 3.63) is 84.4 Å². The number of carbonyl (C=O) groups excluding carboxylic acids is 1. The monoisotopic (exact) mass is 441 g/mol. The van der Waals surface area contributed by atoms with Crippen molar-refractivity contribution in [1.82, 2.24) is 20.0 Å². The number of aryl methyl sites for hydroxylation is 1. The average Bonchev–Trinajstić information content (AvgIpc) is 3.31. The molecule has 3 heterocycles. The zero-order chi connectivity index (χ0) is 22.6. The molecule has 1 amide bonds. The summed E-state index contributed by atoms with van der Waals surface area (Å²) < 4.78 is 11.0. The van der Waals surface area contributed by atoms with Crippen molar-refractivity contribution in [3.63, 3.8) is 0 Å². The predicted octanol–water partition coefficient (Wildman–Crippen LogP) is 4.19. The van der Waals surface area contributed by atoms with E-state index in [1.165, 1.54) is 0 Å². The molecule has 2 aromatic heterocycles. The lowest BCUT2D eigenvalue weighted by Gasteiger charge is -2.35. The first-order valence-electron chi connectivity index (χ1n) is 10.8. The molecule has 0 aliphatic carbocycles. The Hall–Kier alpha value is -4.20. The largest absolute Gasteiger partial charge is 0.457 e. The molecule has 5 rings (SSSR count). The molecule has 2 aromatic carbocycles. The van der Waals surface area contributed by atoms with Crippen molar-refractivity contribution in [2.45, 2.75) is 6.92 Å². The third-order valence-electron chi connectivity index (χ3n) is 5.51. The Labute approximate surface area is 191 Å². The minimum atomic E-state index is -0.0306. The van der Waals surface area contributed by atoms with Gasteiger partial charge in [0.25, 0.3) is 5.91 Å². The van der Waals surface area contributed by atoms with Crippen LogP contribution in [0.25, 0.3) is 11.4 Å². The van der Waals surface area contributed by atoms with Crippen LogP contribution in [0.1, 0.15) is 16.2 Å². The van der Waals surface area contributed by atoms with E-state index in [-0.39, 0.29) is 5.91 Å². The highest BCUT2D eigenvalue weighted by Gasteiger charge is 2.25. The molecule has 4 aromatic rings. The van der Waals surface area contributed by atoms with Crippen LogP contribution in [-0.2, 0) is 0 Å². The molecule has 1 fully saturated rings. The molecule has 1 saturated heterocycles. The number of hydrogen-bond acceptors (Lipinski definition) is 7. The highest BCUT2D eigenvalue weighted by atomic mass is 16.5. The van der Waals surface area contributed by atoms with Crippen LogP contribution in [0.2, 0.25) is 0 Å². The van der Waals surface area contributed by atoms with Gasteiger partial charge in [0.2, 0.25) is 11.7 Å². The SMILES string of the molecule is Cc1nc(-c2ccc(N3CCN(C(=O)c4ccccc4Oc4ccccc4)CC3)nc2)no1. The zero-order valence-corrected chi connectivity index (χ0v) is 18.2. The summed E-state index contributed by atoms with van der Waals surface area (Å²) in [5.74, 6) is 3.14. The second kappa shape index (κ2) is 9.12. The number of carbonyl (C=O) groups is 1. The zero-order valence-electron chi connectivity index (χ0n) is 18.2. The number of piperazine rings is 1. The number of anilines is 1. The fraction of sp³-hybridized carbons (Fsp3) is 0.200. The maximum absolute atomic E-state index is 13.2. The van der Waals surface area contributed by atoms with E-state index in [2.05, 4.69) is 20.0 Å². The molecule has 33 heavy (non-hydrogen) atoms. The van der Waals surface area contributed by atoms with Crippen molar-refractivity contribution >= 4 is 11.7 Å². The van der Waals surface area contributed by atoms with Gasteiger partial charge in [-0.25, -0.2) is 4.98 Å². The standard InChI is InChI=1S/C25H23N5O3/c1-18-27-24(28-33-18)19-11-12-23(26-17-19)29-13-15-30(16-14-29)25(31)21-9-5-6-10-22(21)32-20-7-3-2-4-8-20/h2-12,17H,13-16H2,1H3. The summed E-state index contributed by atoms with van der Waals surface area (Å²) in [5, 5.41) is 3.93. The minimum Gasteiger partial charge on any atom is -0.457 e. The molecule has 1 aliphatic rings. The van der Waals surface area contributed by atoms with E-state index in [4.69, 9.17) is 9.26 Å². The molecule has 1 aliphatic heterocycles. The van der Waals surface area contributed by atoms with Gasteiger partial charge >= 0.3 is 0 Å². The number of para-hydroxylation sites is 2. The summed E-state index contributed by atoms with van der Waals surface area (Å²) in [6.45, 7) is 4.35. The van der Waals surface area contributed by atoms with Gasteiger partial charge in [-0.05, 0) is 36.4 Å². The van der Waals surface area contributed by atoms with E-state index in [9.17, 15) is 4.79 Å². The van der Waals surface area contributed by atoms with Crippen LogP contribution in [0, 0.1) is 6.92 Å². The third kappa shape index (κ3) is 4.55. The molecule has 0 saturated carbocycles. The summed E-state index contributed by atoms with van der Waals surface area (Å²) in [6, 6.07) is 20.7. The van der Waals surface area contributed by atoms with E-state index in [0.717, 1.165) is 11.4 Å². The first-order valence-corrected chi connectivity index (χ1v) is 10.8. The van der Waals surface area contributed by atoms with Crippen LogP contribution in [-0.4, -0.2) is 52.1 Å². The number of hydrogen-bond donors (Lipinski definition) is 0. The van der Waals surface area contributed by atoms with E-state index >= 15 is 0 Å². The fourth-order valence-electron chi connectivity index (χ4n) is 3.78. The van der Waals surface area contributed by atoms with Crippen molar-refractivity contribution in [2.24, 2.45) is 0 Å². The predicted molar refractivity (Wildman–Crippen MR) is 123 cm³/mol. The molecule has 0 unspecified atom stereocenters. The van der Waals surface area contributed by atoms with Gasteiger partial charge in [-0.3, -0.25) is 4.79 Å². The lowest BCUT2D eigenvalue weighted by Crippen LogP contribution is -2.49. The van der Waals surface area contributed by atoms with E-state index < -0.39 is 0 Å². The highest BCUT2D eigenvalue weighted by molar-refractivity contribution is 5.97. The van der Waals surface area contributed by atoms with E-state index in [1.807, 2.05) is 71.6 Å². The molecule has 0 radical (unpaired) electrons. The summed E-state index contributed by atoms with van der Waals surface area (Å²) in [7, 11) is 0. The maximum Gasteiger partial charge on any atom is 0.257 e.